The van der Waals surface area contributed by atoms with Gasteiger partial charge in [0.2, 0.25) is 0 Å². The van der Waals surface area contributed by atoms with Crippen molar-refractivity contribution >= 4 is 27.8 Å². The molecular weight excluding hydrogens is 358 g/mol. The van der Waals surface area contributed by atoms with Crippen LogP contribution in [0.3, 0.4) is 0 Å². The number of aromatic nitrogens is 2. The SMILES string of the molecule is Cc1nc2sccc2c(=O)n1/N=C\c1cccc(OCc2ccccc2)c1. The number of hydrogen-bond donors (Lipinski definition) is 0. The van der Waals surface area contributed by atoms with Crippen molar-refractivity contribution in [1.29, 1.82) is 0 Å². The van der Waals surface area contributed by atoms with Gasteiger partial charge in [-0.25, -0.2) is 4.98 Å². The normalized spacial score (nSPS) is 11.3. The smallest absolute Gasteiger partial charge is 0.282 e. The summed E-state index contributed by atoms with van der Waals surface area (Å²) < 4.78 is 7.16. The van der Waals surface area contributed by atoms with Crippen molar-refractivity contribution in [2.45, 2.75) is 13.5 Å². The van der Waals surface area contributed by atoms with Crippen molar-refractivity contribution in [3.63, 3.8) is 0 Å². The molecule has 2 aromatic heterocycles. The molecule has 0 saturated heterocycles. The molecule has 4 aromatic rings. The zero-order valence-electron chi connectivity index (χ0n) is 14.7. The van der Waals surface area contributed by atoms with Gasteiger partial charge in [0.05, 0.1) is 11.6 Å². The van der Waals surface area contributed by atoms with Gasteiger partial charge in [0.15, 0.2) is 0 Å². The Balaban J connectivity index is 1.55. The Morgan fingerprint density at radius 3 is 2.85 bits per heavy atom. The van der Waals surface area contributed by atoms with Gasteiger partial charge in [-0.3, -0.25) is 4.79 Å². The molecular formula is C21H17N3O2S. The summed E-state index contributed by atoms with van der Waals surface area (Å²) in [5, 5.41) is 6.78. The van der Waals surface area contributed by atoms with Crippen molar-refractivity contribution in [2.75, 3.05) is 0 Å². The van der Waals surface area contributed by atoms with E-state index in [1.165, 1.54) is 16.0 Å². The number of hydrogen-bond acceptors (Lipinski definition) is 5. The second kappa shape index (κ2) is 7.55. The van der Waals surface area contributed by atoms with E-state index in [0.29, 0.717) is 17.8 Å². The average molecular weight is 375 g/mol. The van der Waals surface area contributed by atoms with Crippen LogP contribution < -0.4 is 10.3 Å². The van der Waals surface area contributed by atoms with E-state index in [1.807, 2.05) is 60.0 Å². The van der Waals surface area contributed by atoms with Gasteiger partial charge < -0.3 is 4.74 Å². The molecule has 6 heteroatoms. The summed E-state index contributed by atoms with van der Waals surface area (Å²) in [5.41, 5.74) is 1.79. The Bertz CT molecular complexity index is 1160. The van der Waals surface area contributed by atoms with Crippen molar-refractivity contribution in [1.82, 2.24) is 9.66 Å². The highest BCUT2D eigenvalue weighted by molar-refractivity contribution is 7.16. The van der Waals surface area contributed by atoms with Gasteiger partial charge in [0.25, 0.3) is 5.56 Å². The molecule has 0 saturated carbocycles. The van der Waals surface area contributed by atoms with E-state index in [-0.39, 0.29) is 5.56 Å². The van der Waals surface area contributed by atoms with Crippen LogP contribution in [0.2, 0.25) is 0 Å². The summed E-state index contributed by atoms with van der Waals surface area (Å²) in [4.78, 5) is 17.7. The maximum atomic E-state index is 12.5. The zero-order chi connectivity index (χ0) is 18.6. The number of thiophene rings is 1. The first kappa shape index (κ1) is 17.2. The van der Waals surface area contributed by atoms with Crippen LogP contribution >= 0.6 is 11.3 Å². The monoisotopic (exact) mass is 375 g/mol. The summed E-state index contributed by atoms with van der Waals surface area (Å²) >= 11 is 1.45. The quantitative estimate of drug-likeness (QED) is 0.491. The number of nitrogens with zero attached hydrogens (tertiary/aromatic N) is 3. The van der Waals surface area contributed by atoms with Crippen LogP contribution in [0.1, 0.15) is 17.0 Å². The first-order valence-corrected chi connectivity index (χ1v) is 9.37. The average Bonchev–Trinajstić information content (AvgIpc) is 3.16. The van der Waals surface area contributed by atoms with Gasteiger partial charge in [-0.1, -0.05) is 42.5 Å². The van der Waals surface area contributed by atoms with E-state index in [4.69, 9.17) is 4.74 Å². The summed E-state index contributed by atoms with van der Waals surface area (Å²) in [7, 11) is 0. The summed E-state index contributed by atoms with van der Waals surface area (Å²) in [6.45, 7) is 2.27. The summed E-state index contributed by atoms with van der Waals surface area (Å²) in [6.07, 6.45) is 1.64. The zero-order valence-corrected chi connectivity index (χ0v) is 15.5. The molecule has 134 valence electrons. The molecule has 0 fully saturated rings. The molecule has 0 aliphatic rings. The van der Waals surface area contributed by atoms with Gasteiger partial charge >= 0.3 is 0 Å². The molecule has 0 aliphatic heterocycles. The molecule has 2 aromatic carbocycles. The van der Waals surface area contributed by atoms with Gasteiger partial charge in [0, 0.05) is 0 Å². The summed E-state index contributed by atoms with van der Waals surface area (Å²) in [5.74, 6) is 1.31. The molecule has 0 bridgehead atoms. The van der Waals surface area contributed by atoms with E-state index in [0.717, 1.165) is 21.7 Å². The van der Waals surface area contributed by atoms with Crippen LogP contribution in [0, 0.1) is 6.92 Å². The molecule has 0 spiro atoms. The Morgan fingerprint density at radius 1 is 1.15 bits per heavy atom. The molecule has 4 rings (SSSR count). The molecule has 0 N–H and O–H groups in total. The van der Waals surface area contributed by atoms with Gasteiger partial charge in [-0.15, -0.1) is 11.3 Å². The first-order chi connectivity index (χ1) is 13.2. The van der Waals surface area contributed by atoms with Gasteiger partial charge in [0.1, 0.15) is 23.0 Å². The van der Waals surface area contributed by atoms with Crippen molar-refractivity contribution in [3.05, 3.63) is 93.3 Å². The number of ether oxygens (including phenoxy) is 1. The third-order valence-corrected chi connectivity index (χ3v) is 4.87. The molecule has 0 aliphatic carbocycles. The molecule has 0 atom stereocenters. The van der Waals surface area contributed by atoms with Crippen LogP contribution in [-0.2, 0) is 6.61 Å². The predicted octanol–water partition coefficient (Wildman–Crippen LogP) is 4.23. The highest BCUT2D eigenvalue weighted by Gasteiger charge is 2.07. The topological polar surface area (TPSA) is 56.5 Å². The standard InChI is InChI=1S/C21H17N3O2S/c1-15-23-20-19(10-11-27-20)21(25)24(15)22-13-17-8-5-9-18(12-17)26-14-16-6-3-2-4-7-16/h2-13H,14H2,1H3/b22-13-. The lowest BCUT2D eigenvalue weighted by molar-refractivity contribution is 0.306. The van der Waals surface area contributed by atoms with E-state index in [2.05, 4.69) is 10.1 Å². The Kier molecular flexibility index (Phi) is 4.80. The van der Waals surface area contributed by atoms with Crippen LogP contribution in [0.15, 0.2) is 75.9 Å². The second-order valence-corrected chi connectivity index (χ2v) is 6.90. The predicted molar refractivity (Wildman–Crippen MR) is 109 cm³/mol. The number of aryl methyl sites for hydroxylation is 1. The van der Waals surface area contributed by atoms with Crippen LogP contribution in [0.5, 0.6) is 5.75 Å². The molecule has 0 amide bonds. The number of benzene rings is 2. The van der Waals surface area contributed by atoms with E-state index in [1.54, 1.807) is 19.2 Å². The molecule has 0 radical (unpaired) electrons. The number of fused-ring (bicyclic) bond motifs is 1. The fraction of sp³-hybridized carbons (Fsp3) is 0.0952. The highest BCUT2D eigenvalue weighted by Crippen LogP contribution is 2.16. The largest absolute Gasteiger partial charge is 0.489 e. The third kappa shape index (κ3) is 3.80. The number of rotatable bonds is 5. The van der Waals surface area contributed by atoms with Gasteiger partial charge in [-0.2, -0.15) is 9.78 Å². The first-order valence-electron chi connectivity index (χ1n) is 8.49. The second-order valence-electron chi connectivity index (χ2n) is 6.01. The Hall–Kier alpha value is -3.25. The Labute approximate surface area is 160 Å². The highest BCUT2D eigenvalue weighted by atomic mass is 32.1. The maximum Gasteiger partial charge on any atom is 0.282 e. The lowest BCUT2D eigenvalue weighted by atomic mass is 10.2. The van der Waals surface area contributed by atoms with Gasteiger partial charge in [-0.05, 0) is 41.6 Å². The van der Waals surface area contributed by atoms with Crippen LogP contribution in [0.4, 0.5) is 0 Å². The Morgan fingerprint density at radius 2 is 2.00 bits per heavy atom. The molecule has 2 heterocycles. The van der Waals surface area contributed by atoms with E-state index < -0.39 is 0 Å². The maximum absolute atomic E-state index is 12.5. The van der Waals surface area contributed by atoms with Crippen molar-refractivity contribution in [3.8, 4) is 5.75 Å². The minimum Gasteiger partial charge on any atom is -0.489 e. The summed E-state index contributed by atoms with van der Waals surface area (Å²) in [6, 6.07) is 19.4. The fourth-order valence-corrected chi connectivity index (χ4v) is 3.49. The van der Waals surface area contributed by atoms with Crippen molar-refractivity contribution < 1.29 is 4.74 Å². The van der Waals surface area contributed by atoms with Crippen LogP contribution in [-0.4, -0.2) is 15.9 Å². The minimum absolute atomic E-state index is 0.161. The van der Waals surface area contributed by atoms with Crippen LogP contribution in [0.25, 0.3) is 10.2 Å². The molecule has 0 unspecified atom stereocenters. The lowest BCUT2D eigenvalue weighted by Gasteiger charge is -2.07. The fourth-order valence-electron chi connectivity index (χ4n) is 2.69. The van der Waals surface area contributed by atoms with E-state index >= 15 is 0 Å². The third-order valence-electron chi connectivity index (χ3n) is 4.07. The van der Waals surface area contributed by atoms with E-state index in [9.17, 15) is 4.79 Å². The molecule has 5 nitrogen and oxygen atoms in total. The van der Waals surface area contributed by atoms with Crippen molar-refractivity contribution in [2.24, 2.45) is 5.10 Å². The minimum atomic E-state index is -0.161. The molecule has 27 heavy (non-hydrogen) atoms. The lowest BCUT2D eigenvalue weighted by Crippen LogP contribution is -2.19.